The Kier molecular flexibility index (Phi) is 7.87. The van der Waals surface area contributed by atoms with Crippen molar-refractivity contribution in [3.8, 4) is 67.5 Å². The van der Waals surface area contributed by atoms with E-state index in [1.54, 1.807) is 0 Å². The van der Waals surface area contributed by atoms with Gasteiger partial charge in [0.1, 0.15) is 0 Å². The van der Waals surface area contributed by atoms with Gasteiger partial charge in [-0.3, -0.25) is 0 Å². The Morgan fingerprint density at radius 3 is 1.52 bits per heavy atom. The highest BCUT2D eigenvalue weighted by Crippen LogP contribution is 2.45. The Morgan fingerprint density at radius 1 is 0.268 bits per heavy atom. The molecule has 11 rings (SSSR count). The summed E-state index contributed by atoms with van der Waals surface area (Å²) < 4.78 is 5.09. The van der Waals surface area contributed by atoms with E-state index in [4.69, 9.17) is 15.0 Å². The van der Waals surface area contributed by atoms with Crippen LogP contribution in [0.3, 0.4) is 0 Å². The van der Waals surface area contributed by atoms with Crippen LogP contribution >= 0.6 is 22.7 Å². The second kappa shape index (κ2) is 13.5. The molecule has 3 aromatic heterocycles. The van der Waals surface area contributed by atoms with Gasteiger partial charge in [-0.25, -0.2) is 15.0 Å². The summed E-state index contributed by atoms with van der Waals surface area (Å²) in [5, 5.41) is 5.14. The molecular weight excluding hydrogens is 719 g/mol. The zero-order chi connectivity index (χ0) is 37.0. The molecule has 0 aliphatic heterocycles. The van der Waals surface area contributed by atoms with Gasteiger partial charge in [-0.15, -0.1) is 22.7 Å². The Morgan fingerprint density at radius 2 is 0.732 bits per heavy atom. The van der Waals surface area contributed by atoms with Crippen molar-refractivity contribution >= 4 is 63.0 Å². The minimum Gasteiger partial charge on any atom is -0.208 e. The molecule has 262 valence electrons. The smallest absolute Gasteiger partial charge is 0.164 e. The monoisotopic (exact) mass is 749 g/mol. The molecule has 0 atom stereocenters. The molecular formula is C51H31N3S2. The zero-order valence-corrected chi connectivity index (χ0v) is 31.7. The van der Waals surface area contributed by atoms with E-state index in [2.05, 4.69) is 164 Å². The zero-order valence-electron chi connectivity index (χ0n) is 30.1. The minimum atomic E-state index is 0.651. The summed E-state index contributed by atoms with van der Waals surface area (Å²) in [6, 6.07) is 66.9. The lowest BCUT2D eigenvalue weighted by Crippen LogP contribution is -2.00. The molecule has 11 aromatic rings. The molecule has 8 aromatic carbocycles. The second-order valence-electron chi connectivity index (χ2n) is 14.0. The summed E-state index contributed by atoms with van der Waals surface area (Å²) in [6.07, 6.45) is 0. The van der Waals surface area contributed by atoms with Gasteiger partial charge in [0.25, 0.3) is 0 Å². The van der Waals surface area contributed by atoms with E-state index < -0.39 is 0 Å². The summed E-state index contributed by atoms with van der Waals surface area (Å²) in [7, 11) is 0. The molecule has 0 fully saturated rings. The minimum absolute atomic E-state index is 0.651. The van der Waals surface area contributed by atoms with E-state index >= 15 is 0 Å². The molecule has 0 unspecified atom stereocenters. The van der Waals surface area contributed by atoms with Crippen molar-refractivity contribution in [2.75, 3.05) is 0 Å². The highest BCUT2D eigenvalue weighted by molar-refractivity contribution is 7.26. The Balaban J connectivity index is 1.02. The lowest BCUT2D eigenvalue weighted by Gasteiger charge is -2.12. The van der Waals surface area contributed by atoms with Gasteiger partial charge in [0.2, 0.25) is 0 Å². The van der Waals surface area contributed by atoms with Crippen LogP contribution in [0.5, 0.6) is 0 Å². The second-order valence-corrected chi connectivity index (χ2v) is 16.1. The van der Waals surface area contributed by atoms with E-state index in [1.807, 2.05) is 46.9 Å². The number of rotatable bonds is 6. The number of hydrogen-bond acceptors (Lipinski definition) is 5. The third-order valence-corrected chi connectivity index (χ3v) is 12.8. The third-order valence-electron chi connectivity index (χ3n) is 10.6. The van der Waals surface area contributed by atoms with Crippen LogP contribution < -0.4 is 0 Å². The maximum Gasteiger partial charge on any atom is 0.164 e. The van der Waals surface area contributed by atoms with Gasteiger partial charge in [0.15, 0.2) is 17.5 Å². The largest absolute Gasteiger partial charge is 0.208 e. The van der Waals surface area contributed by atoms with Crippen LogP contribution in [0.25, 0.3) is 108 Å². The quantitative estimate of drug-likeness (QED) is 0.170. The standard InChI is InChI=1S/C51H31N3S2/c1-3-12-32(13-4-1)33-22-24-35(25-23-33)50-52-49(34-14-5-2-6-15-34)53-51(54-50)37-27-29-43-47(31-37)56-45-21-11-19-42(48(43)45)39-17-8-7-16-38(39)36-26-28-41-40-18-9-10-20-44(40)55-46(41)30-36/h1-31H. The Bertz CT molecular complexity index is 3240. The SMILES string of the molecule is c1ccc(-c2ccc(-c3nc(-c4ccccc4)nc(-c4ccc5c(c4)sc4cccc(-c6ccccc6-c6ccc7c(c6)sc6ccccc67)c45)n3)cc2)cc1. The van der Waals surface area contributed by atoms with Crippen LogP contribution in [-0.4, -0.2) is 15.0 Å². The first kappa shape index (κ1) is 32.6. The van der Waals surface area contributed by atoms with Gasteiger partial charge >= 0.3 is 0 Å². The fraction of sp³-hybridized carbons (Fsp3) is 0. The predicted molar refractivity (Wildman–Crippen MR) is 238 cm³/mol. The van der Waals surface area contributed by atoms with Crippen molar-refractivity contribution in [3.63, 3.8) is 0 Å². The lowest BCUT2D eigenvalue weighted by atomic mass is 9.91. The average Bonchev–Trinajstić information content (AvgIpc) is 3.85. The summed E-state index contributed by atoms with van der Waals surface area (Å²) in [4.78, 5) is 15.1. The number of thiophene rings is 2. The van der Waals surface area contributed by atoms with Crippen molar-refractivity contribution in [1.82, 2.24) is 15.0 Å². The van der Waals surface area contributed by atoms with Crippen molar-refractivity contribution in [1.29, 1.82) is 0 Å². The van der Waals surface area contributed by atoms with E-state index in [-0.39, 0.29) is 0 Å². The van der Waals surface area contributed by atoms with Crippen LogP contribution in [0.4, 0.5) is 0 Å². The van der Waals surface area contributed by atoms with Gasteiger partial charge in [0, 0.05) is 57.0 Å². The van der Waals surface area contributed by atoms with Crippen molar-refractivity contribution < 1.29 is 0 Å². The number of nitrogens with zero attached hydrogens (tertiary/aromatic N) is 3. The normalized spacial score (nSPS) is 11.6. The molecule has 0 saturated carbocycles. The fourth-order valence-corrected chi connectivity index (χ4v) is 10.2. The van der Waals surface area contributed by atoms with Crippen LogP contribution in [0.2, 0.25) is 0 Å². The van der Waals surface area contributed by atoms with Crippen LogP contribution in [0.1, 0.15) is 0 Å². The number of fused-ring (bicyclic) bond motifs is 6. The van der Waals surface area contributed by atoms with Crippen molar-refractivity contribution in [2.45, 2.75) is 0 Å². The Hall–Kier alpha value is -6.79. The maximum absolute atomic E-state index is 5.09. The first-order valence-corrected chi connectivity index (χ1v) is 20.3. The van der Waals surface area contributed by atoms with Crippen LogP contribution in [-0.2, 0) is 0 Å². The van der Waals surface area contributed by atoms with Crippen molar-refractivity contribution in [3.05, 3.63) is 188 Å². The third kappa shape index (κ3) is 5.68. The average molecular weight is 750 g/mol. The lowest BCUT2D eigenvalue weighted by molar-refractivity contribution is 1.07. The topological polar surface area (TPSA) is 38.7 Å². The molecule has 56 heavy (non-hydrogen) atoms. The van der Waals surface area contributed by atoms with Gasteiger partial charge in [-0.05, 0) is 57.6 Å². The molecule has 0 spiro atoms. The first-order chi connectivity index (χ1) is 27.7. The molecule has 0 aliphatic carbocycles. The van der Waals surface area contributed by atoms with E-state index in [0.717, 1.165) is 22.3 Å². The maximum atomic E-state index is 5.09. The number of aromatic nitrogens is 3. The number of hydrogen-bond donors (Lipinski definition) is 0. The Labute approximate surface area is 331 Å². The van der Waals surface area contributed by atoms with E-state index in [1.165, 1.54) is 68.2 Å². The molecule has 3 nitrogen and oxygen atoms in total. The van der Waals surface area contributed by atoms with Gasteiger partial charge in [-0.2, -0.15) is 0 Å². The molecule has 0 bridgehead atoms. The summed E-state index contributed by atoms with van der Waals surface area (Å²) in [5.74, 6) is 1.96. The molecule has 5 heteroatoms. The molecule has 0 saturated heterocycles. The van der Waals surface area contributed by atoms with E-state index in [0.29, 0.717) is 17.5 Å². The van der Waals surface area contributed by atoms with Crippen LogP contribution in [0.15, 0.2) is 188 Å². The summed E-state index contributed by atoms with van der Waals surface area (Å²) in [6.45, 7) is 0. The summed E-state index contributed by atoms with van der Waals surface area (Å²) in [5.41, 5.74) is 10.1. The van der Waals surface area contributed by atoms with Gasteiger partial charge in [0.05, 0.1) is 0 Å². The van der Waals surface area contributed by atoms with Gasteiger partial charge < -0.3 is 0 Å². The molecule has 0 aliphatic rings. The van der Waals surface area contributed by atoms with Gasteiger partial charge in [-0.1, -0.05) is 164 Å². The fourth-order valence-electron chi connectivity index (χ4n) is 7.85. The molecule has 0 N–H and O–H groups in total. The first-order valence-electron chi connectivity index (χ1n) is 18.7. The van der Waals surface area contributed by atoms with Crippen molar-refractivity contribution in [2.24, 2.45) is 0 Å². The summed E-state index contributed by atoms with van der Waals surface area (Å²) >= 11 is 3.68. The molecule has 3 heterocycles. The highest BCUT2D eigenvalue weighted by Gasteiger charge is 2.18. The highest BCUT2D eigenvalue weighted by atomic mass is 32.1. The molecule has 0 amide bonds. The van der Waals surface area contributed by atoms with E-state index in [9.17, 15) is 0 Å². The van der Waals surface area contributed by atoms with Crippen LogP contribution in [0, 0.1) is 0 Å². The predicted octanol–water partition coefficient (Wildman–Crippen LogP) is 14.6. The number of benzene rings is 8. The molecule has 0 radical (unpaired) electrons.